The van der Waals surface area contributed by atoms with Gasteiger partial charge in [0.15, 0.2) is 0 Å². The number of carbonyl (C=O) groups is 1. The van der Waals surface area contributed by atoms with Crippen LogP contribution in [0.2, 0.25) is 0 Å². The standard InChI is InChI=1S/C17H14N2O3S2/c1-8(2)22-12-5-4-10-6-13(23-15(10)11(12)7-18)16-19-9(3)14(24-16)17(20)21/h4-6,8H,1-3H3,(H,20,21). The smallest absolute Gasteiger partial charge is 0.347 e. The second kappa shape index (κ2) is 6.23. The number of benzene rings is 1. The van der Waals surface area contributed by atoms with E-state index in [1.807, 2.05) is 26.0 Å². The third kappa shape index (κ3) is 2.86. The summed E-state index contributed by atoms with van der Waals surface area (Å²) < 4.78 is 6.54. The molecule has 0 spiro atoms. The Balaban J connectivity index is 2.14. The van der Waals surface area contributed by atoms with E-state index in [0.717, 1.165) is 26.3 Å². The summed E-state index contributed by atoms with van der Waals surface area (Å²) in [5.74, 6) is -0.405. The first kappa shape index (κ1) is 16.4. The Morgan fingerprint density at radius 2 is 2.12 bits per heavy atom. The number of thiophene rings is 1. The maximum absolute atomic E-state index is 11.2. The number of nitrogens with zero attached hydrogens (tertiary/aromatic N) is 2. The molecule has 0 amide bonds. The first-order valence-electron chi connectivity index (χ1n) is 7.25. The van der Waals surface area contributed by atoms with Gasteiger partial charge in [0.05, 0.1) is 21.4 Å². The lowest BCUT2D eigenvalue weighted by atomic mass is 10.1. The van der Waals surface area contributed by atoms with Gasteiger partial charge in [-0.15, -0.1) is 22.7 Å². The van der Waals surface area contributed by atoms with Crippen LogP contribution in [0, 0.1) is 18.3 Å². The van der Waals surface area contributed by atoms with Gasteiger partial charge in [-0.25, -0.2) is 9.78 Å². The van der Waals surface area contributed by atoms with Crippen LogP contribution in [-0.2, 0) is 0 Å². The van der Waals surface area contributed by atoms with Crippen molar-refractivity contribution in [3.05, 3.63) is 34.3 Å². The molecule has 0 radical (unpaired) electrons. The summed E-state index contributed by atoms with van der Waals surface area (Å²) in [6.45, 7) is 5.51. The second-order valence-electron chi connectivity index (χ2n) is 5.48. The van der Waals surface area contributed by atoms with Crippen molar-refractivity contribution in [3.63, 3.8) is 0 Å². The third-order valence-electron chi connectivity index (χ3n) is 3.32. The molecule has 7 heteroatoms. The number of aryl methyl sites for hydroxylation is 1. The first-order chi connectivity index (χ1) is 11.4. The molecule has 0 saturated heterocycles. The van der Waals surface area contributed by atoms with Crippen molar-refractivity contribution < 1.29 is 14.6 Å². The van der Waals surface area contributed by atoms with Gasteiger partial charge in [0, 0.05) is 0 Å². The number of aromatic nitrogens is 1. The molecule has 0 unspecified atom stereocenters. The van der Waals surface area contributed by atoms with Gasteiger partial charge in [0.2, 0.25) is 0 Å². The summed E-state index contributed by atoms with van der Waals surface area (Å²) in [6.07, 6.45) is -0.0197. The molecule has 3 rings (SSSR count). The summed E-state index contributed by atoms with van der Waals surface area (Å²) in [6, 6.07) is 7.86. The Bertz CT molecular complexity index is 980. The van der Waals surface area contributed by atoms with Crippen LogP contribution in [0.15, 0.2) is 18.2 Å². The van der Waals surface area contributed by atoms with Crippen molar-refractivity contribution in [2.75, 3.05) is 0 Å². The van der Waals surface area contributed by atoms with E-state index in [2.05, 4.69) is 11.1 Å². The normalized spacial score (nSPS) is 11.0. The highest BCUT2D eigenvalue weighted by Gasteiger charge is 2.18. The lowest BCUT2D eigenvalue weighted by Crippen LogP contribution is -2.06. The van der Waals surface area contributed by atoms with Crippen molar-refractivity contribution in [1.29, 1.82) is 5.26 Å². The minimum absolute atomic E-state index is 0.0197. The predicted molar refractivity (Wildman–Crippen MR) is 95.1 cm³/mol. The van der Waals surface area contributed by atoms with E-state index in [-0.39, 0.29) is 11.0 Å². The Hall–Kier alpha value is -2.43. The van der Waals surface area contributed by atoms with E-state index >= 15 is 0 Å². The van der Waals surface area contributed by atoms with Gasteiger partial charge < -0.3 is 9.84 Å². The van der Waals surface area contributed by atoms with Crippen LogP contribution >= 0.6 is 22.7 Å². The van der Waals surface area contributed by atoms with Crippen molar-refractivity contribution in [1.82, 2.24) is 4.98 Å². The van der Waals surface area contributed by atoms with Crippen molar-refractivity contribution in [3.8, 4) is 21.7 Å². The number of nitriles is 1. The van der Waals surface area contributed by atoms with Crippen LogP contribution < -0.4 is 4.74 Å². The predicted octanol–water partition coefficient (Wildman–Crippen LogP) is 4.69. The quantitative estimate of drug-likeness (QED) is 0.731. The van der Waals surface area contributed by atoms with E-state index in [1.54, 1.807) is 13.0 Å². The Labute approximate surface area is 146 Å². The van der Waals surface area contributed by atoms with Crippen LogP contribution in [0.3, 0.4) is 0 Å². The highest BCUT2D eigenvalue weighted by atomic mass is 32.1. The number of aromatic carboxylic acids is 1. The molecule has 2 aromatic heterocycles. The van der Waals surface area contributed by atoms with Crippen LogP contribution in [-0.4, -0.2) is 22.2 Å². The molecule has 0 atom stereocenters. The molecule has 1 aromatic carbocycles. The fraction of sp³-hybridized carbons (Fsp3) is 0.235. The van der Waals surface area contributed by atoms with E-state index in [9.17, 15) is 15.2 Å². The summed E-state index contributed by atoms with van der Waals surface area (Å²) in [4.78, 5) is 16.7. The van der Waals surface area contributed by atoms with Crippen LogP contribution in [0.4, 0.5) is 0 Å². The number of thiazole rings is 1. The number of hydrogen-bond acceptors (Lipinski definition) is 6. The zero-order chi connectivity index (χ0) is 17.4. The number of hydrogen-bond donors (Lipinski definition) is 1. The molecule has 0 fully saturated rings. The van der Waals surface area contributed by atoms with E-state index in [4.69, 9.17) is 4.74 Å². The van der Waals surface area contributed by atoms with E-state index < -0.39 is 5.97 Å². The largest absolute Gasteiger partial charge is 0.490 e. The average molecular weight is 358 g/mol. The molecule has 0 saturated carbocycles. The number of ether oxygens (including phenoxy) is 1. The zero-order valence-electron chi connectivity index (χ0n) is 13.3. The average Bonchev–Trinajstić information content (AvgIpc) is 3.09. The zero-order valence-corrected chi connectivity index (χ0v) is 14.9. The highest BCUT2D eigenvalue weighted by Crippen LogP contribution is 2.40. The molecule has 24 heavy (non-hydrogen) atoms. The summed E-state index contributed by atoms with van der Waals surface area (Å²) in [7, 11) is 0. The number of fused-ring (bicyclic) bond motifs is 1. The number of carboxylic acids is 1. The SMILES string of the molecule is Cc1nc(-c2cc3ccc(OC(C)C)c(C#N)c3s2)sc1C(=O)O. The fourth-order valence-electron chi connectivity index (χ4n) is 2.35. The van der Waals surface area contributed by atoms with Gasteiger partial charge in [-0.1, -0.05) is 0 Å². The molecule has 0 aliphatic rings. The summed E-state index contributed by atoms with van der Waals surface area (Å²) in [5.41, 5.74) is 1.01. The molecular formula is C17H14N2O3S2. The monoisotopic (exact) mass is 358 g/mol. The molecule has 122 valence electrons. The van der Waals surface area contributed by atoms with Crippen LogP contribution in [0.5, 0.6) is 5.75 Å². The van der Waals surface area contributed by atoms with Gasteiger partial charge in [-0.3, -0.25) is 0 Å². The highest BCUT2D eigenvalue weighted by molar-refractivity contribution is 7.26. The molecule has 1 N–H and O–H groups in total. The Morgan fingerprint density at radius 3 is 2.71 bits per heavy atom. The van der Waals surface area contributed by atoms with E-state index in [0.29, 0.717) is 22.0 Å². The second-order valence-corrected chi connectivity index (χ2v) is 7.54. The maximum atomic E-state index is 11.2. The maximum Gasteiger partial charge on any atom is 0.347 e. The van der Waals surface area contributed by atoms with Gasteiger partial charge in [0.1, 0.15) is 27.3 Å². The van der Waals surface area contributed by atoms with Crippen molar-refractivity contribution in [2.24, 2.45) is 0 Å². The molecule has 0 bridgehead atoms. The van der Waals surface area contributed by atoms with Gasteiger partial charge in [0.25, 0.3) is 0 Å². The van der Waals surface area contributed by atoms with Gasteiger partial charge >= 0.3 is 5.97 Å². The number of rotatable bonds is 4. The molecular weight excluding hydrogens is 344 g/mol. The van der Waals surface area contributed by atoms with Crippen LogP contribution in [0.25, 0.3) is 20.0 Å². The van der Waals surface area contributed by atoms with Gasteiger partial charge in [-0.2, -0.15) is 5.26 Å². The van der Waals surface area contributed by atoms with Crippen molar-refractivity contribution >= 4 is 38.7 Å². The lowest BCUT2D eigenvalue weighted by molar-refractivity contribution is 0.0701. The summed E-state index contributed by atoms with van der Waals surface area (Å²) in [5, 5.41) is 20.3. The molecule has 0 aliphatic heterocycles. The van der Waals surface area contributed by atoms with Gasteiger partial charge in [-0.05, 0) is 44.4 Å². The van der Waals surface area contributed by atoms with Crippen LogP contribution in [0.1, 0.15) is 34.8 Å². The Kier molecular flexibility index (Phi) is 4.26. The third-order valence-corrected chi connectivity index (χ3v) is 5.81. The summed E-state index contributed by atoms with van der Waals surface area (Å²) >= 11 is 2.58. The molecule has 2 heterocycles. The Morgan fingerprint density at radius 1 is 1.38 bits per heavy atom. The first-order valence-corrected chi connectivity index (χ1v) is 8.88. The fourth-order valence-corrected chi connectivity index (χ4v) is 4.45. The lowest BCUT2D eigenvalue weighted by Gasteiger charge is -2.11. The van der Waals surface area contributed by atoms with E-state index in [1.165, 1.54) is 11.3 Å². The topological polar surface area (TPSA) is 83.2 Å². The number of carboxylic acid groups (broad SMARTS) is 1. The molecule has 0 aliphatic carbocycles. The molecule has 3 aromatic rings. The molecule has 5 nitrogen and oxygen atoms in total. The minimum atomic E-state index is -0.970. The minimum Gasteiger partial charge on any atom is -0.490 e. The van der Waals surface area contributed by atoms with Crippen molar-refractivity contribution in [2.45, 2.75) is 26.9 Å².